The second kappa shape index (κ2) is 19.1. The van der Waals surface area contributed by atoms with Crippen LogP contribution >= 0.6 is 0 Å². The number of aliphatic carboxylic acids is 1. The van der Waals surface area contributed by atoms with Crippen LogP contribution < -0.4 is 26.2 Å². The third kappa shape index (κ3) is 10.9. The predicted octanol–water partition coefficient (Wildman–Crippen LogP) is 4.24. The first-order chi connectivity index (χ1) is 26.8. The minimum absolute atomic E-state index is 0.0404. The Bertz CT molecular complexity index is 2280. The van der Waals surface area contributed by atoms with E-state index in [-0.39, 0.29) is 29.9 Å². The van der Waals surface area contributed by atoms with Gasteiger partial charge in [0.05, 0.1) is 28.2 Å². The number of para-hydroxylation sites is 4. The van der Waals surface area contributed by atoms with E-state index in [1.165, 1.54) is 11.4 Å². The number of carboxylic acid groups (broad SMARTS) is 1. The Kier molecular flexibility index (Phi) is 13.3. The van der Waals surface area contributed by atoms with Gasteiger partial charge in [-0.25, -0.2) is 9.97 Å². The van der Waals surface area contributed by atoms with Gasteiger partial charge in [0.15, 0.2) is 0 Å². The van der Waals surface area contributed by atoms with Gasteiger partial charge in [0.1, 0.15) is 11.6 Å². The van der Waals surface area contributed by atoms with Crippen LogP contribution in [0.5, 0.6) is 0 Å². The Labute approximate surface area is 318 Å². The number of piperazine rings is 2. The quantitative estimate of drug-likeness (QED) is 0.177. The van der Waals surface area contributed by atoms with E-state index >= 15 is 0 Å². The molecule has 0 saturated carbocycles. The molecule has 2 aliphatic rings. The Morgan fingerprint density at radius 3 is 1.49 bits per heavy atom. The maximum absolute atomic E-state index is 12.6. The van der Waals surface area contributed by atoms with Crippen molar-refractivity contribution in [2.75, 3.05) is 62.2 Å². The Balaban J connectivity index is 0.000000155. The molecule has 4 heterocycles. The zero-order valence-corrected chi connectivity index (χ0v) is 30.7. The van der Waals surface area contributed by atoms with Gasteiger partial charge < -0.3 is 35.1 Å². The van der Waals surface area contributed by atoms with Gasteiger partial charge in [0.25, 0.3) is 11.1 Å². The fourth-order valence-electron chi connectivity index (χ4n) is 6.53. The number of aromatic amines is 2. The lowest BCUT2D eigenvalue weighted by molar-refractivity contribution is -0.137. The van der Waals surface area contributed by atoms with Crippen LogP contribution in [0.4, 0.5) is 11.4 Å². The molecule has 2 aliphatic heterocycles. The average molecular weight is 743 g/mol. The summed E-state index contributed by atoms with van der Waals surface area (Å²) < 4.78 is 0. The molecule has 0 spiro atoms. The Morgan fingerprint density at radius 2 is 1.00 bits per heavy atom. The second-order valence-electron chi connectivity index (χ2n) is 13.2. The number of rotatable bonds is 8. The molecule has 0 radical (unpaired) electrons. The minimum atomic E-state index is -0.907. The largest absolute Gasteiger partial charge is 0.481 e. The average Bonchev–Trinajstić information content (AvgIpc) is 3.23. The van der Waals surface area contributed by atoms with Crippen molar-refractivity contribution in [3.05, 3.63) is 142 Å². The van der Waals surface area contributed by atoms with E-state index in [9.17, 15) is 19.2 Å². The van der Waals surface area contributed by atoms with Crippen molar-refractivity contribution < 1.29 is 14.7 Å². The van der Waals surface area contributed by atoms with E-state index in [4.69, 9.17) is 5.11 Å². The molecule has 13 heteroatoms. The highest BCUT2D eigenvalue weighted by atomic mass is 16.4. The number of aromatic nitrogens is 4. The van der Waals surface area contributed by atoms with Gasteiger partial charge in [0.2, 0.25) is 5.91 Å². The summed E-state index contributed by atoms with van der Waals surface area (Å²) in [5.74, 6) is 0.176. The third-order valence-corrected chi connectivity index (χ3v) is 9.47. The topological polar surface area (TPSA) is 168 Å². The van der Waals surface area contributed by atoms with Crippen LogP contribution in [-0.2, 0) is 22.4 Å². The smallest absolute Gasteiger partial charge is 0.303 e. The van der Waals surface area contributed by atoms with Crippen LogP contribution in [0.2, 0.25) is 0 Å². The van der Waals surface area contributed by atoms with Gasteiger partial charge in [-0.1, -0.05) is 60.7 Å². The fourth-order valence-corrected chi connectivity index (χ4v) is 6.53. The predicted molar refractivity (Wildman–Crippen MR) is 216 cm³/mol. The number of hydrogen-bond donors (Lipinski definition) is 4. The molecule has 13 nitrogen and oxygen atoms in total. The van der Waals surface area contributed by atoms with Crippen molar-refractivity contribution >= 4 is 45.1 Å². The first kappa shape index (κ1) is 38.4. The molecule has 1 amide bonds. The van der Waals surface area contributed by atoms with Gasteiger partial charge in [-0.3, -0.25) is 19.2 Å². The summed E-state index contributed by atoms with van der Waals surface area (Å²) in [6, 6.07) is 35.1. The summed E-state index contributed by atoms with van der Waals surface area (Å²) in [4.78, 5) is 67.3. The number of carbonyl (C=O) groups excluding carboxylic acids is 1. The number of anilines is 2. The molecule has 8 rings (SSSR count). The monoisotopic (exact) mass is 742 g/mol. The number of benzene rings is 4. The number of carboxylic acids is 1. The molecule has 2 saturated heterocycles. The van der Waals surface area contributed by atoms with Crippen molar-refractivity contribution in [3.63, 3.8) is 0 Å². The molecule has 2 fully saturated rings. The van der Waals surface area contributed by atoms with Gasteiger partial charge >= 0.3 is 5.97 Å². The highest BCUT2D eigenvalue weighted by molar-refractivity contribution is 5.79. The maximum Gasteiger partial charge on any atom is 0.303 e. The second-order valence-corrected chi connectivity index (χ2v) is 13.2. The van der Waals surface area contributed by atoms with Crippen LogP contribution in [-0.4, -0.2) is 94.2 Å². The number of H-pyrrole nitrogens is 2. The lowest BCUT2D eigenvalue weighted by Crippen LogP contribution is -2.48. The molecule has 55 heavy (non-hydrogen) atoms. The number of hydrogen-bond acceptors (Lipinski definition) is 9. The van der Waals surface area contributed by atoms with Crippen molar-refractivity contribution in [2.24, 2.45) is 0 Å². The van der Waals surface area contributed by atoms with E-state index in [0.717, 1.165) is 52.4 Å². The first-order valence-corrected chi connectivity index (χ1v) is 18.6. The van der Waals surface area contributed by atoms with Crippen LogP contribution in [0.25, 0.3) is 21.8 Å². The Morgan fingerprint density at radius 1 is 0.564 bits per heavy atom. The molecule has 284 valence electrons. The highest BCUT2D eigenvalue weighted by Crippen LogP contribution is 2.17. The van der Waals surface area contributed by atoms with Gasteiger partial charge in [-0.15, -0.1) is 0 Å². The Hall–Kier alpha value is -6.34. The lowest BCUT2D eigenvalue weighted by Gasteiger charge is -2.36. The highest BCUT2D eigenvalue weighted by Gasteiger charge is 2.21. The van der Waals surface area contributed by atoms with Crippen molar-refractivity contribution in [3.8, 4) is 0 Å². The zero-order chi connectivity index (χ0) is 38.4. The van der Waals surface area contributed by atoms with Gasteiger partial charge in [0, 0.05) is 83.0 Å². The SMILES string of the molecule is O=C(CCc1nc2ccccc2c(=O)[nH]1)N1CCN(c2ccccc2)CC1.O=C(O)CCc1nc2ccccc2c(=O)[nH]1.c1ccc(N2CCNCC2)cc1. The summed E-state index contributed by atoms with van der Waals surface area (Å²) in [6.07, 6.45) is 0.987. The number of fused-ring (bicyclic) bond motifs is 2. The van der Waals surface area contributed by atoms with Crippen LogP contribution in [0.3, 0.4) is 0 Å². The van der Waals surface area contributed by atoms with E-state index in [1.54, 1.807) is 30.3 Å². The summed E-state index contributed by atoms with van der Waals surface area (Å²) in [5.41, 5.74) is 3.42. The lowest BCUT2D eigenvalue weighted by atomic mass is 10.2. The zero-order valence-electron chi connectivity index (χ0n) is 30.7. The van der Waals surface area contributed by atoms with Gasteiger partial charge in [-0.05, 0) is 48.5 Å². The minimum Gasteiger partial charge on any atom is -0.481 e. The summed E-state index contributed by atoms with van der Waals surface area (Å²) >= 11 is 0. The molecule has 0 unspecified atom stereocenters. The first-order valence-electron chi connectivity index (χ1n) is 18.6. The van der Waals surface area contributed by atoms with Crippen molar-refractivity contribution in [1.82, 2.24) is 30.2 Å². The maximum atomic E-state index is 12.6. The molecular weight excluding hydrogens is 697 g/mol. The fraction of sp³-hybridized carbons (Fsp3) is 0.286. The number of nitrogens with one attached hydrogen (secondary N) is 3. The summed E-state index contributed by atoms with van der Waals surface area (Å²) in [6.45, 7) is 7.57. The summed E-state index contributed by atoms with van der Waals surface area (Å²) in [7, 11) is 0. The van der Waals surface area contributed by atoms with E-state index in [0.29, 0.717) is 46.3 Å². The molecule has 2 aromatic heterocycles. The molecule has 4 aromatic carbocycles. The standard InChI is InChI=1S/C21H22N4O2.C11H10N2O3.C10H14N2/c26-20(25-14-12-24(13-15-25)16-6-2-1-3-7-16)11-10-19-22-18-9-5-4-8-17(18)21(27)23-19;14-10(15)6-5-9-12-8-4-2-1-3-7(8)11(16)13-9;1-2-4-10(5-3-1)12-8-6-11-7-9-12/h1-9H,10-15H2,(H,22,23,27);1-4H,5-6H2,(H,14,15)(H,12,13,16);1-5,11H,6-9H2. The van der Waals surface area contributed by atoms with Crippen molar-refractivity contribution in [2.45, 2.75) is 25.7 Å². The molecule has 6 aromatic rings. The van der Waals surface area contributed by atoms with Crippen LogP contribution in [0.1, 0.15) is 24.5 Å². The number of nitrogens with zero attached hydrogens (tertiary/aromatic N) is 5. The number of amides is 1. The van der Waals surface area contributed by atoms with E-state index < -0.39 is 5.97 Å². The molecule has 0 aliphatic carbocycles. The van der Waals surface area contributed by atoms with Crippen molar-refractivity contribution in [1.29, 1.82) is 0 Å². The summed E-state index contributed by atoms with van der Waals surface area (Å²) in [5, 5.41) is 13.0. The normalized spacial score (nSPS) is 14.1. The molecule has 4 N–H and O–H groups in total. The number of carbonyl (C=O) groups is 2. The molecule has 0 bridgehead atoms. The molecular formula is C42H46N8O5. The molecule has 0 atom stereocenters. The third-order valence-electron chi connectivity index (χ3n) is 9.47. The van der Waals surface area contributed by atoms with Gasteiger partial charge in [-0.2, -0.15) is 0 Å². The number of aryl methyl sites for hydroxylation is 2. The van der Waals surface area contributed by atoms with Crippen LogP contribution in [0, 0.1) is 0 Å². The van der Waals surface area contributed by atoms with E-state index in [2.05, 4.69) is 77.5 Å². The van der Waals surface area contributed by atoms with Crippen LogP contribution in [0.15, 0.2) is 119 Å². The van der Waals surface area contributed by atoms with E-state index in [1.807, 2.05) is 41.3 Å².